The topological polar surface area (TPSA) is 67.9 Å². The number of hydrogen-bond acceptors (Lipinski definition) is 4. The van der Waals surface area contributed by atoms with Gasteiger partial charge in [0.15, 0.2) is 0 Å². The van der Waals surface area contributed by atoms with Gasteiger partial charge in [-0.1, -0.05) is 6.92 Å². The van der Waals surface area contributed by atoms with Crippen molar-refractivity contribution in [2.45, 2.75) is 19.8 Å². The van der Waals surface area contributed by atoms with Crippen molar-refractivity contribution in [3.8, 4) is 0 Å². The van der Waals surface area contributed by atoms with Gasteiger partial charge in [0.1, 0.15) is 5.84 Å². The van der Waals surface area contributed by atoms with E-state index in [1.54, 1.807) is 12.1 Å². The highest BCUT2D eigenvalue weighted by Gasteiger charge is 2.19. The molecule has 120 valence electrons. The number of amidine groups is 1. The van der Waals surface area contributed by atoms with Crippen molar-refractivity contribution in [1.29, 1.82) is 0 Å². The zero-order valence-corrected chi connectivity index (χ0v) is 13.8. The molecule has 0 radical (unpaired) electrons. The van der Waals surface area contributed by atoms with Gasteiger partial charge in [0.2, 0.25) is 0 Å². The molecular weight excluding hydrogens is 302 g/mol. The fraction of sp³-hybridized carbons (Fsp3) is 0.500. The molecule has 0 bridgehead atoms. The van der Waals surface area contributed by atoms with Gasteiger partial charge < -0.3 is 15.4 Å². The maximum absolute atomic E-state index is 11.7. The first-order chi connectivity index (χ1) is 10.5. The number of ether oxygens (including phenoxy) is 1. The van der Waals surface area contributed by atoms with Crippen LogP contribution in [0.1, 0.15) is 30.1 Å². The molecule has 1 heterocycles. The van der Waals surface area contributed by atoms with Crippen LogP contribution in [-0.4, -0.2) is 37.9 Å². The zero-order valence-electron chi connectivity index (χ0n) is 13.0. The van der Waals surface area contributed by atoms with Crippen LogP contribution in [0.15, 0.2) is 23.2 Å². The Morgan fingerprint density at radius 2 is 2.14 bits per heavy atom. The van der Waals surface area contributed by atoms with Gasteiger partial charge in [0, 0.05) is 13.1 Å². The lowest BCUT2D eigenvalue weighted by atomic mass is 9.98. The number of hydrogen-bond donors (Lipinski definition) is 1. The van der Waals surface area contributed by atoms with Crippen molar-refractivity contribution in [1.82, 2.24) is 0 Å². The first kappa shape index (κ1) is 16.6. The van der Waals surface area contributed by atoms with Crippen LogP contribution < -0.4 is 10.6 Å². The number of nitrogens with zero attached hydrogens (tertiary/aromatic N) is 2. The smallest absolute Gasteiger partial charge is 0.337 e. The number of alkyl halides is 1. The number of anilines is 1. The number of benzene rings is 1. The number of rotatable bonds is 4. The lowest BCUT2D eigenvalue weighted by molar-refractivity contribution is 0.0601. The Bertz CT molecular complexity index is 567. The van der Waals surface area contributed by atoms with Gasteiger partial charge in [-0.15, -0.1) is 11.6 Å². The first-order valence-electron chi connectivity index (χ1n) is 7.41. The number of carbonyl (C=O) groups excluding carboxylic acids is 1. The summed E-state index contributed by atoms with van der Waals surface area (Å²) in [6.45, 7) is 4.21. The van der Waals surface area contributed by atoms with Crippen LogP contribution in [0.3, 0.4) is 0 Å². The van der Waals surface area contributed by atoms with Gasteiger partial charge in [-0.05, 0) is 37.0 Å². The molecule has 1 fully saturated rings. The second-order valence-corrected chi connectivity index (χ2v) is 5.87. The normalized spacial score (nSPS) is 16.7. The van der Waals surface area contributed by atoms with Crippen LogP contribution in [0.2, 0.25) is 0 Å². The van der Waals surface area contributed by atoms with E-state index in [1.807, 2.05) is 6.07 Å². The number of carbonyl (C=O) groups is 1. The minimum Gasteiger partial charge on any atom is -0.465 e. The molecule has 0 spiro atoms. The van der Waals surface area contributed by atoms with E-state index in [0.29, 0.717) is 17.1 Å². The molecule has 1 aliphatic heterocycles. The summed E-state index contributed by atoms with van der Waals surface area (Å²) in [6, 6.07) is 5.37. The van der Waals surface area contributed by atoms with Crippen molar-refractivity contribution >= 4 is 34.8 Å². The van der Waals surface area contributed by atoms with E-state index in [-0.39, 0.29) is 11.8 Å². The molecule has 0 unspecified atom stereocenters. The molecule has 0 aromatic heterocycles. The summed E-state index contributed by atoms with van der Waals surface area (Å²) in [7, 11) is 1.36. The fourth-order valence-electron chi connectivity index (χ4n) is 2.56. The minimum atomic E-state index is -0.389. The number of piperidine rings is 1. The van der Waals surface area contributed by atoms with Crippen LogP contribution in [0.25, 0.3) is 0 Å². The third-order valence-corrected chi connectivity index (χ3v) is 4.20. The molecule has 2 N–H and O–H groups in total. The molecule has 0 aliphatic carbocycles. The number of halogens is 1. The van der Waals surface area contributed by atoms with Crippen molar-refractivity contribution < 1.29 is 9.53 Å². The third kappa shape index (κ3) is 3.91. The number of esters is 1. The van der Waals surface area contributed by atoms with Gasteiger partial charge in [-0.3, -0.25) is 0 Å². The van der Waals surface area contributed by atoms with Crippen molar-refractivity contribution in [2.24, 2.45) is 16.6 Å². The van der Waals surface area contributed by atoms with Crippen LogP contribution in [0.4, 0.5) is 11.4 Å². The quantitative estimate of drug-likeness (QED) is 0.400. The van der Waals surface area contributed by atoms with Crippen LogP contribution in [0.5, 0.6) is 0 Å². The van der Waals surface area contributed by atoms with Crippen molar-refractivity contribution in [3.05, 3.63) is 23.8 Å². The van der Waals surface area contributed by atoms with E-state index < -0.39 is 0 Å². The summed E-state index contributed by atoms with van der Waals surface area (Å²) in [6.07, 6.45) is 2.29. The van der Waals surface area contributed by atoms with Crippen LogP contribution in [-0.2, 0) is 4.74 Å². The Hall–Kier alpha value is -1.75. The SMILES string of the molecule is COC(=O)c1ccc(N2CCC(C)CC2)c(N=C(N)CCl)c1. The summed E-state index contributed by atoms with van der Waals surface area (Å²) < 4.78 is 4.76. The average Bonchev–Trinajstić information content (AvgIpc) is 2.54. The highest BCUT2D eigenvalue weighted by atomic mass is 35.5. The molecule has 0 atom stereocenters. The maximum atomic E-state index is 11.7. The van der Waals surface area contributed by atoms with Crippen LogP contribution >= 0.6 is 11.6 Å². The molecule has 2 rings (SSSR count). The predicted octanol–water partition coefficient (Wildman–Crippen LogP) is 2.94. The Labute approximate surface area is 136 Å². The molecule has 6 heteroatoms. The van der Waals surface area contributed by atoms with Gasteiger partial charge in [-0.25, -0.2) is 9.79 Å². The second-order valence-electron chi connectivity index (χ2n) is 5.60. The molecule has 0 amide bonds. The summed E-state index contributed by atoms with van der Waals surface area (Å²) >= 11 is 5.73. The van der Waals surface area contributed by atoms with E-state index in [4.69, 9.17) is 22.1 Å². The van der Waals surface area contributed by atoms with Crippen LogP contribution in [0, 0.1) is 5.92 Å². The highest BCUT2D eigenvalue weighted by molar-refractivity contribution is 6.28. The lowest BCUT2D eigenvalue weighted by Gasteiger charge is -2.33. The molecule has 22 heavy (non-hydrogen) atoms. The Kier molecular flexibility index (Phi) is 5.66. The van der Waals surface area contributed by atoms with E-state index in [2.05, 4.69) is 16.8 Å². The van der Waals surface area contributed by atoms with E-state index in [0.717, 1.165) is 37.5 Å². The maximum Gasteiger partial charge on any atom is 0.337 e. The molecule has 1 aliphatic rings. The summed E-state index contributed by atoms with van der Waals surface area (Å²) in [5, 5.41) is 0. The van der Waals surface area contributed by atoms with E-state index in [1.165, 1.54) is 7.11 Å². The number of aliphatic imine (C=N–C) groups is 1. The molecule has 1 saturated heterocycles. The summed E-state index contributed by atoms with van der Waals surface area (Å²) in [4.78, 5) is 18.4. The minimum absolute atomic E-state index is 0.152. The predicted molar refractivity (Wildman–Crippen MR) is 90.4 cm³/mol. The van der Waals surface area contributed by atoms with Crippen molar-refractivity contribution in [3.63, 3.8) is 0 Å². The van der Waals surface area contributed by atoms with Gasteiger partial charge in [0.05, 0.1) is 29.9 Å². The standard InChI is InChI=1S/C16H22ClN3O2/c1-11-5-7-20(8-6-11)14-4-3-12(16(21)22-2)9-13(14)19-15(18)10-17/h3-4,9,11H,5-8,10H2,1-2H3,(H2,18,19). The molecule has 0 saturated carbocycles. The highest BCUT2D eigenvalue weighted by Crippen LogP contribution is 2.33. The number of methoxy groups -OCH3 is 1. The Balaban J connectivity index is 2.37. The average molecular weight is 324 g/mol. The zero-order chi connectivity index (χ0) is 16.1. The largest absolute Gasteiger partial charge is 0.465 e. The Morgan fingerprint density at radius 3 is 2.73 bits per heavy atom. The molecule has 1 aromatic carbocycles. The Morgan fingerprint density at radius 1 is 1.45 bits per heavy atom. The molecular formula is C16H22ClN3O2. The summed E-state index contributed by atoms with van der Waals surface area (Å²) in [5.74, 6) is 0.833. The third-order valence-electron chi connectivity index (χ3n) is 3.92. The van der Waals surface area contributed by atoms with E-state index in [9.17, 15) is 4.79 Å². The second kappa shape index (κ2) is 7.49. The lowest BCUT2D eigenvalue weighted by Crippen LogP contribution is -2.32. The summed E-state index contributed by atoms with van der Waals surface area (Å²) in [5.41, 5.74) is 7.87. The molecule has 5 nitrogen and oxygen atoms in total. The molecule has 1 aromatic rings. The fourth-order valence-corrected chi connectivity index (χ4v) is 2.62. The van der Waals surface area contributed by atoms with Gasteiger partial charge in [-0.2, -0.15) is 0 Å². The van der Waals surface area contributed by atoms with Gasteiger partial charge >= 0.3 is 5.97 Å². The van der Waals surface area contributed by atoms with E-state index >= 15 is 0 Å². The monoisotopic (exact) mass is 323 g/mol. The first-order valence-corrected chi connectivity index (χ1v) is 7.95. The number of nitrogens with two attached hydrogens (primary N) is 1. The van der Waals surface area contributed by atoms with Gasteiger partial charge in [0.25, 0.3) is 0 Å². The van der Waals surface area contributed by atoms with Crippen molar-refractivity contribution in [2.75, 3.05) is 31.0 Å².